The number of rotatable bonds is 8. The Labute approximate surface area is 130 Å². The number of likely N-dealkylation sites (N-methyl/N-ethyl adjacent to an activating group) is 1. The average molecular weight is 345 g/mol. The first-order chi connectivity index (χ1) is 9.49. The van der Waals surface area contributed by atoms with Gasteiger partial charge >= 0.3 is 0 Å². The summed E-state index contributed by atoms with van der Waals surface area (Å²) >= 11 is 3.38. The second kappa shape index (κ2) is 8.75. The SMILES string of the molecule is CCC(CC)C(CNCc1cc(Br)ccc1F)N(C)C. The molecule has 0 aliphatic carbocycles. The van der Waals surface area contributed by atoms with Gasteiger partial charge in [0.05, 0.1) is 0 Å². The van der Waals surface area contributed by atoms with E-state index >= 15 is 0 Å². The Morgan fingerprint density at radius 1 is 1.25 bits per heavy atom. The first kappa shape index (κ1) is 17.6. The van der Waals surface area contributed by atoms with Crippen molar-refractivity contribution in [1.29, 1.82) is 0 Å². The van der Waals surface area contributed by atoms with E-state index in [0.717, 1.165) is 11.0 Å². The Morgan fingerprint density at radius 2 is 1.90 bits per heavy atom. The van der Waals surface area contributed by atoms with E-state index in [0.29, 0.717) is 24.1 Å². The quantitative estimate of drug-likeness (QED) is 0.765. The van der Waals surface area contributed by atoms with Crippen LogP contribution in [0, 0.1) is 11.7 Å². The maximum Gasteiger partial charge on any atom is 0.127 e. The molecule has 0 heterocycles. The molecule has 1 unspecified atom stereocenters. The molecule has 0 bridgehead atoms. The van der Waals surface area contributed by atoms with Crippen LogP contribution in [0.5, 0.6) is 0 Å². The first-order valence-electron chi connectivity index (χ1n) is 7.30. The van der Waals surface area contributed by atoms with Crippen LogP contribution in [0.25, 0.3) is 0 Å². The molecule has 1 aromatic carbocycles. The van der Waals surface area contributed by atoms with Crippen LogP contribution in [-0.4, -0.2) is 31.6 Å². The van der Waals surface area contributed by atoms with Crippen LogP contribution in [-0.2, 0) is 6.54 Å². The highest BCUT2D eigenvalue weighted by Crippen LogP contribution is 2.18. The average Bonchev–Trinajstić information content (AvgIpc) is 2.41. The standard InChI is InChI=1S/C16H26BrFN2/c1-5-12(6-2)16(20(3)4)11-19-10-13-9-14(17)7-8-15(13)18/h7-9,12,16,19H,5-6,10-11H2,1-4H3. The summed E-state index contributed by atoms with van der Waals surface area (Å²) in [6, 6.07) is 5.56. The van der Waals surface area contributed by atoms with Gasteiger partial charge in [-0.3, -0.25) is 0 Å². The van der Waals surface area contributed by atoms with E-state index in [1.807, 2.05) is 6.07 Å². The highest BCUT2D eigenvalue weighted by atomic mass is 79.9. The van der Waals surface area contributed by atoms with Crippen LogP contribution in [0.15, 0.2) is 22.7 Å². The third-order valence-electron chi connectivity index (χ3n) is 3.93. The zero-order valence-corrected chi connectivity index (χ0v) is 14.5. The van der Waals surface area contributed by atoms with E-state index in [9.17, 15) is 4.39 Å². The molecule has 4 heteroatoms. The lowest BCUT2D eigenvalue weighted by molar-refractivity contribution is 0.193. The van der Waals surface area contributed by atoms with Gasteiger partial charge in [-0.1, -0.05) is 42.6 Å². The summed E-state index contributed by atoms with van der Waals surface area (Å²) in [5.74, 6) is 0.523. The van der Waals surface area contributed by atoms with Gasteiger partial charge in [-0.25, -0.2) is 4.39 Å². The van der Waals surface area contributed by atoms with Crippen LogP contribution in [0.2, 0.25) is 0 Å². The molecule has 0 aliphatic rings. The lowest BCUT2D eigenvalue weighted by Gasteiger charge is -2.31. The van der Waals surface area contributed by atoms with Gasteiger partial charge in [-0.15, -0.1) is 0 Å². The Morgan fingerprint density at radius 3 is 2.45 bits per heavy atom. The van der Waals surface area contributed by atoms with Crippen molar-refractivity contribution < 1.29 is 4.39 Å². The topological polar surface area (TPSA) is 15.3 Å². The van der Waals surface area contributed by atoms with Gasteiger partial charge in [0.2, 0.25) is 0 Å². The van der Waals surface area contributed by atoms with E-state index in [2.05, 4.69) is 54.1 Å². The molecule has 0 saturated carbocycles. The van der Waals surface area contributed by atoms with Crippen molar-refractivity contribution in [3.8, 4) is 0 Å². The Kier molecular flexibility index (Phi) is 7.70. The number of nitrogens with zero attached hydrogens (tertiary/aromatic N) is 1. The summed E-state index contributed by atoms with van der Waals surface area (Å²) in [7, 11) is 4.23. The molecule has 20 heavy (non-hydrogen) atoms. The molecular weight excluding hydrogens is 319 g/mol. The molecule has 114 valence electrons. The summed E-state index contributed by atoms with van der Waals surface area (Å²) in [6.45, 7) is 5.92. The maximum absolute atomic E-state index is 13.7. The van der Waals surface area contributed by atoms with Crippen molar-refractivity contribution in [2.45, 2.75) is 39.3 Å². The van der Waals surface area contributed by atoms with Gasteiger partial charge in [0, 0.05) is 29.2 Å². The summed E-state index contributed by atoms with van der Waals surface area (Å²) in [6.07, 6.45) is 2.35. The zero-order valence-electron chi connectivity index (χ0n) is 12.9. The molecule has 0 radical (unpaired) electrons. The molecule has 1 N–H and O–H groups in total. The third-order valence-corrected chi connectivity index (χ3v) is 4.43. The molecule has 0 spiro atoms. The number of hydrogen-bond donors (Lipinski definition) is 1. The predicted molar refractivity (Wildman–Crippen MR) is 87.4 cm³/mol. The van der Waals surface area contributed by atoms with E-state index in [4.69, 9.17) is 0 Å². The van der Waals surface area contributed by atoms with Gasteiger partial charge < -0.3 is 10.2 Å². The highest BCUT2D eigenvalue weighted by molar-refractivity contribution is 9.10. The Bertz CT molecular complexity index is 405. The fourth-order valence-electron chi connectivity index (χ4n) is 2.64. The van der Waals surface area contributed by atoms with Crippen molar-refractivity contribution in [3.63, 3.8) is 0 Å². The zero-order chi connectivity index (χ0) is 15.1. The van der Waals surface area contributed by atoms with Gasteiger partial charge in [0.1, 0.15) is 5.82 Å². The molecule has 0 aromatic heterocycles. The van der Waals surface area contributed by atoms with E-state index in [1.165, 1.54) is 18.9 Å². The number of nitrogens with one attached hydrogen (secondary N) is 1. The molecule has 0 saturated heterocycles. The highest BCUT2D eigenvalue weighted by Gasteiger charge is 2.20. The second-order valence-corrected chi connectivity index (χ2v) is 6.39. The smallest absolute Gasteiger partial charge is 0.127 e. The van der Waals surface area contributed by atoms with Gasteiger partial charge in [-0.2, -0.15) is 0 Å². The molecule has 1 atom stereocenters. The van der Waals surface area contributed by atoms with E-state index < -0.39 is 0 Å². The number of benzene rings is 1. The lowest BCUT2D eigenvalue weighted by Crippen LogP contribution is -2.42. The van der Waals surface area contributed by atoms with Crippen LogP contribution >= 0.6 is 15.9 Å². The Hall–Kier alpha value is -0.450. The van der Waals surface area contributed by atoms with Crippen LogP contribution in [0.3, 0.4) is 0 Å². The van der Waals surface area contributed by atoms with Crippen molar-refractivity contribution in [2.75, 3.05) is 20.6 Å². The van der Waals surface area contributed by atoms with Gasteiger partial charge in [0.25, 0.3) is 0 Å². The maximum atomic E-state index is 13.7. The summed E-state index contributed by atoms with van der Waals surface area (Å²) in [5.41, 5.74) is 0.710. The lowest BCUT2D eigenvalue weighted by atomic mass is 9.93. The second-order valence-electron chi connectivity index (χ2n) is 5.47. The fraction of sp³-hybridized carbons (Fsp3) is 0.625. The molecule has 0 fully saturated rings. The van der Waals surface area contributed by atoms with E-state index in [1.54, 1.807) is 6.07 Å². The predicted octanol–water partition coefficient (Wildman–Crippen LogP) is 4.04. The van der Waals surface area contributed by atoms with Crippen molar-refractivity contribution in [1.82, 2.24) is 10.2 Å². The normalized spacial score (nSPS) is 13.2. The monoisotopic (exact) mass is 344 g/mol. The number of halogens is 2. The molecule has 1 aromatic rings. The Balaban J connectivity index is 2.58. The minimum atomic E-state index is -0.148. The summed E-state index contributed by atoms with van der Waals surface area (Å²) in [5, 5.41) is 3.40. The van der Waals surface area contributed by atoms with E-state index in [-0.39, 0.29) is 5.82 Å². The molecule has 1 rings (SSSR count). The van der Waals surface area contributed by atoms with Crippen molar-refractivity contribution in [2.24, 2.45) is 5.92 Å². The fourth-order valence-corrected chi connectivity index (χ4v) is 3.05. The van der Waals surface area contributed by atoms with Crippen molar-refractivity contribution >= 4 is 15.9 Å². The van der Waals surface area contributed by atoms with Crippen molar-refractivity contribution in [3.05, 3.63) is 34.1 Å². The van der Waals surface area contributed by atoms with Crippen LogP contribution in [0.4, 0.5) is 4.39 Å². The van der Waals surface area contributed by atoms with Crippen LogP contribution in [0.1, 0.15) is 32.3 Å². The molecular formula is C16H26BrFN2. The van der Waals surface area contributed by atoms with Gasteiger partial charge in [-0.05, 0) is 38.2 Å². The molecule has 2 nitrogen and oxygen atoms in total. The number of hydrogen-bond acceptors (Lipinski definition) is 2. The summed E-state index contributed by atoms with van der Waals surface area (Å²) in [4.78, 5) is 2.27. The third kappa shape index (κ3) is 5.15. The minimum absolute atomic E-state index is 0.148. The minimum Gasteiger partial charge on any atom is -0.311 e. The summed E-state index contributed by atoms with van der Waals surface area (Å²) < 4.78 is 14.6. The van der Waals surface area contributed by atoms with Gasteiger partial charge in [0.15, 0.2) is 0 Å². The largest absolute Gasteiger partial charge is 0.311 e. The molecule has 0 aliphatic heterocycles. The van der Waals surface area contributed by atoms with Crippen LogP contribution < -0.4 is 5.32 Å². The first-order valence-corrected chi connectivity index (χ1v) is 8.09. The molecule has 0 amide bonds.